The standard InChI is InChI=1S/C18H21FN2O2.ClH/c1-13(11-20-2)18(22)21-12-14-3-7-16(8-4-14)23-17-9-5-15(19)6-10-17;/h3-10,13,20H,11-12H2,1-2H3,(H,21,22);1H. The van der Waals surface area contributed by atoms with Gasteiger partial charge in [-0.2, -0.15) is 0 Å². The summed E-state index contributed by atoms with van der Waals surface area (Å²) in [6, 6.07) is 13.3. The first-order valence-electron chi connectivity index (χ1n) is 7.53. The smallest absolute Gasteiger partial charge is 0.224 e. The number of hydrogen-bond donors (Lipinski definition) is 2. The van der Waals surface area contributed by atoms with Gasteiger partial charge < -0.3 is 15.4 Å². The van der Waals surface area contributed by atoms with Gasteiger partial charge in [0.1, 0.15) is 17.3 Å². The molecule has 6 heteroatoms. The van der Waals surface area contributed by atoms with Crippen LogP contribution in [0.15, 0.2) is 48.5 Å². The van der Waals surface area contributed by atoms with Gasteiger partial charge in [0.15, 0.2) is 0 Å². The molecule has 2 N–H and O–H groups in total. The zero-order valence-electron chi connectivity index (χ0n) is 13.7. The fraction of sp³-hybridized carbons (Fsp3) is 0.278. The summed E-state index contributed by atoms with van der Waals surface area (Å²) in [7, 11) is 1.82. The molecule has 2 aromatic rings. The molecule has 1 unspecified atom stereocenters. The van der Waals surface area contributed by atoms with Crippen molar-refractivity contribution in [1.82, 2.24) is 10.6 Å². The Hall–Kier alpha value is -2.11. The van der Waals surface area contributed by atoms with Crippen LogP contribution < -0.4 is 15.4 Å². The van der Waals surface area contributed by atoms with E-state index in [-0.39, 0.29) is 30.0 Å². The van der Waals surface area contributed by atoms with E-state index in [1.165, 1.54) is 12.1 Å². The molecule has 0 saturated heterocycles. The lowest BCUT2D eigenvalue weighted by atomic mass is 10.1. The van der Waals surface area contributed by atoms with Crippen LogP contribution in [0.4, 0.5) is 4.39 Å². The van der Waals surface area contributed by atoms with Crippen LogP contribution in [0.1, 0.15) is 12.5 Å². The number of carbonyl (C=O) groups excluding carboxylic acids is 1. The zero-order chi connectivity index (χ0) is 16.7. The van der Waals surface area contributed by atoms with E-state index in [1.807, 2.05) is 38.2 Å². The number of amides is 1. The molecule has 0 heterocycles. The molecule has 0 saturated carbocycles. The summed E-state index contributed by atoms with van der Waals surface area (Å²) in [6.07, 6.45) is 0. The number of benzene rings is 2. The van der Waals surface area contributed by atoms with Gasteiger partial charge in [0.05, 0.1) is 0 Å². The molecule has 1 amide bonds. The molecule has 2 rings (SSSR count). The van der Waals surface area contributed by atoms with Crippen LogP contribution in [0.5, 0.6) is 11.5 Å². The van der Waals surface area contributed by atoms with Crippen molar-refractivity contribution in [3.05, 3.63) is 59.9 Å². The average Bonchev–Trinajstić information content (AvgIpc) is 2.56. The monoisotopic (exact) mass is 352 g/mol. The lowest BCUT2D eigenvalue weighted by Gasteiger charge is -2.12. The molecule has 0 fully saturated rings. The summed E-state index contributed by atoms with van der Waals surface area (Å²) >= 11 is 0. The highest BCUT2D eigenvalue weighted by molar-refractivity contribution is 5.85. The highest BCUT2D eigenvalue weighted by atomic mass is 35.5. The molecule has 130 valence electrons. The van der Waals surface area contributed by atoms with Crippen LogP contribution >= 0.6 is 12.4 Å². The Bertz CT molecular complexity index is 632. The Morgan fingerprint density at radius 3 is 2.17 bits per heavy atom. The molecule has 4 nitrogen and oxygen atoms in total. The van der Waals surface area contributed by atoms with Gasteiger partial charge in [0.2, 0.25) is 5.91 Å². The van der Waals surface area contributed by atoms with Gasteiger partial charge in [-0.1, -0.05) is 19.1 Å². The second kappa shape index (κ2) is 9.90. The van der Waals surface area contributed by atoms with E-state index in [4.69, 9.17) is 4.74 Å². The summed E-state index contributed by atoms with van der Waals surface area (Å²) < 4.78 is 18.5. The van der Waals surface area contributed by atoms with Gasteiger partial charge >= 0.3 is 0 Å². The van der Waals surface area contributed by atoms with Crippen LogP contribution in [-0.2, 0) is 11.3 Å². The molecule has 24 heavy (non-hydrogen) atoms. The fourth-order valence-electron chi connectivity index (χ4n) is 2.08. The lowest BCUT2D eigenvalue weighted by molar-refractivity contribution is -0.124. The van der Waals surface area contributed by atoms with E-state index >= 15 is 0 Å². The maximum atomic E-state index is 12.8. The molecule has 0 radical (unpaired) electrons. The molecular formula is C18H22ClFN2O2. The first-order valence-corrected chi connectivity index (χ1v) is 7.53. The second-order valence-corrected chi connectivity index (χ2v) is 5.38. The van der Waals surface area contributed by atoms with Crippen molar-refractivity contribution in [2.45, 2.75) is 13.5 Å². The minimum atomic E-state index is -0.295. The largest absolute Gasteiger partial charge is 0.457 e. The second-order valence-electron chi connectivity index (χ2n) is 5.38. The Kier molecular flexibility index (Phi) is 8.22. The Labute approximate surface area is 147 Å². The topological polar surface area (TPSA) is 50.4 Å². The minimum Gasteiger partial charge on any atom is -0.457 e. The van der Waals surface area contributed by atoms with Gasteiger partial charge in [-0.25, -0.2) is 4.39 Å². The van der Waals surface area contributed by atoms with Gasteiger partial charge in [-0.3, -0.25) is 4.79 Å². The van der Waals surface area contributed by atoms with Crippen LogP contribution in [0.25, 0.3) is 0 Å². The lowest BCUT2D eigenvalue weighted by Crippen LogP contribution is -2.33. The van der Waals surface area contributed by atoms with E-state index in [9.17, 15) is 9.18 Å². The molecule has 0 spiro atoms. The van der Waals surface area contributed by atoms with Crippen molar-refractivity contribution in [1.29, 1.82) is 0 Å². The number of ether oxygens (including phenoxy) is 1. The predicted molar refractivity (Wildman–Crippen MR) is 95.1 cm³/mol. The minimum absolute atomic E-state index is 0. The number of halogens is 2. The highest BCUT2D eigenvalue weighted by Gasteiger charge is 2.10. The zero-order valence-corrected chi connectivity index (χ0v) is 14.5. The molecule has 0 bridgehead atoms. The van der Waals surface area contributed by atoms with Crippen molar-refractivity contribution in [2.75, 3.05) is 13.6 Å². The SMILES string of the molecule is CNCC(C)C(=O)NCc1ccc(Oc2ccc(F)cc2)cc1.Cl. The van der Waals surface area contributed by atoms with Crippen LogP contribution in [0.3, 0.4) is 0 Å². The quantitative estimate of drug-likeness (QED) is 0.801. The Morgan fingerprint density at radius 1 is 1.08 bits per heavy atom. The third kappa shape index (κ3) is 6.18. The molecule has 0 aliphatic carbocycles. The summed E-state index contributed by atoms with van der Waals surface area (Å²) in [5, 5.41) is 5.88. The normalized spacial score (nSPS) is 11.3. The van der Waals surface area contributed by atoms with Crippen molar-refractivity contribution < 1.29 is 13.9 Å². The molecule has 0 aromatic heterocycles. The number of hydrogen-bond acceptors (Lipinski definition) is 3. The summed E-state index contributed by atoms with van der Waals surface area (Å²) in [5.74, 6) is 0.895. The maximum Gasteiger partial charge on any atom is 0.224 e. The summed E-state index contributed by atoms with van der Waals surface area (Å²) in [5.41, 5.74) is 0.987. The summed E-state index contributed by atoms with van der Waals surface area (Å²) in [4.78, 5) is 11.8. The van der Waals surface area contributed by atoms with Gasteiger partial charge in [0.25, 0.3) is 0 Å². The van der Waals surface area contributed by atoms with E-state index < -0.39 is 0 Å². The van der Waals surface area contributed by atoms with Crippen LogP contribution in [-0.4, -0.2) is 19.5 Å². The molecule has 2 aromatic carbocycles. The molecule has 0 aliphatic rings. The average molecular weight is 353 g/mol. The first-order chi connectivity index (χ1) is 11.1. The van der Waals surface area contributed by atoms with Crippen molar-refractivity contribution in [3.8, 4) is 11.5 Å². The van der Waals surface area contributed by atoms with E-state index in [0.29, 0.717) is 24.6 Å². The third-order valence-corrected chi connectivity index (χ3v) is 3.40. The van der Waals surface area contributed by atoms with Crippen LogP contribution in [0, 0.1) is 11.7 Å². The first kappa shape index (κ1) is 19.9. The molecular weight excluding hydrogens is 331 g/mol. The Balaban J connectivity index is 0.00000288. The predicted octanol–water partition coefficient (Wildman–Crippen LogP) is 3.51. The van der Waals surface area contributed by atoms with Crippen LogP contribution in [0.2, 0.25) is 0 Å². The highest BCUT2D eigenvalue weighted by Crippen LogP contribution is 2.21. The maximum absolute atomic E-state index is 12.8. The van der Waals surface area contributed by atoms with E-state index in [0.717, 1.165) is 5.56 Å². The number of rotatable bonds is 7. The van der Waals surface area contributed by atoms with Gasteiger partial charge in [-0.15, -0.1) is 12.4 Å². The number of carbonyl (C=O) groups is 1. The van der Waals surface area contributed by atoms with Crippen molar-refractivity contribution in [2.24, 2.45) is 5.92 Å². The summed E-state index contributed by atoms with van der Waals surface area (Å²) in [6.45, 7) is 3.01. The third-order valence-electron chi connectivity index (χ3n) is 3.40. The van der Waals surface area contributed by atoms with Crippen molar-refractivity contribution >= 4 is 18.3 Å². The Morgan fingerprint density at radius 2 is 1.62 bits per heavy atom. The van der Waals surface area contributed by atoms with Gasteiger partial charge in [-0.05, 0) is 49.0 Å². The van der Waals surface area contributed by atoms with Crippen molar-refractivity contribution in [3.63, 3.8) is 0 Å². The molecule has 0 aliphatic heterocycles. The van der Waals surface area contributed by atoms with Gasteiger partial charge in [0, 0.05) is 19.0 Å². The molecule has 1 atom stereocenters. The van der Waals surface area contributed by atoms with E-state index in [1.54, 1.807) is 12.1 Å². The fourth-order valence-corrected chi connectivity index (χ4v) is 2.08. The van der Waals surface area contributed by atoms with E-state index in [2.05, 4.69) is 10.6 Å². The number of nitrogens with one attached hydrogen (secondary N) is 2.